The Bertz CT molecular complexity index is 1380. The van der Waals surface area contributed by atoms with Gasteiger partial charge in [-0.2, -0.15) is 0 Å². The topological polar surface area (TPSA) is 106 Å². The summed E-state index contributed by atoms with van der Waals surface area (Å²) in [6.07, 6.45) is 0.850. The third-order valence-electron chi connectivity index (χ3n) is 6.06. The number of hydrogen-bond donors (Lipinski definition) is 4. The number of aliphatic hydroxyl groups is 1. The molecule has 3 heterocycles. The molecule has 1 aliphatic heterocycles. The van der Waals surface area contributed by atoms with Gasteiger partial charge < -0.3 is 30.0 Å². The van der Waals surface area contributed by atoms with Gasteiger partial charge in [0.1, 0.15) is 11.4 Å². The van der Waals surface area contributed by atoms with E-state index in [0.29, 0.717) is 30.3 Å². The number of aryl methyl sites for hydroxylation is 1. The molecule has 0 bridgehead atoms. The van der Waals surface area contributed by atoms with Gasteiger partial charge in [-0.1, -0.05) is 28.1 Å². The molecule has 1 atom stereocenters. The second-order valence-electron chi connectivity index (χ2n) is 8.39. The zero-order chi connectivity index (χ0) is 23.7. The van der Waals surface area contributed by atoms with Crippen LogP contribution in [0.1, 0.15) is 17.2 Å². The SMILES string of the molecule is Cc1cc(N2CCOCC2)cc2[nH]c(-c3c(NCC(O)c4cccc(Br)c4)cc[nH]c3=O)nc12. The molecule has 34 heavy (non-hydrogen) atoms. The third-order valence-corrected chi connectivity index (χ3v) is 6.55. The molecule has 1 fully saturated rings. The van der Waals surface area contributed by atoms with Crippen LogP contribution < -0.4 is 15.8 Å². The molecule has 0 spiro atoms. The van der Waals surface area contributed by atoms with Gasteiger partial charge in [-0.05, 0) is 48.4 Å². The molecular weight excluding hydrogens is 498 g/mol. The van der Waals surface area contributed by atoms with Crippen LogP contribution in [0.15, 0.2) is 57.9 Å². The highest BCUT2D eigenvalue weighted by Crippen LogP contribution is 2.30. The first kappa shape index (κ1) is 22.6. The predicted molar refractivity (Wildman–Crippen MR) is 138 cm³/mol. The number of fused-ring (bicyclic) bond motifs is 1. The Labute approximate surface area is 205 Å². The maximum absolute atomic E-state index is 12.8. The van der Waals surface area contributed by atoms with Crippen LogP contribution in [0.5, 0.6) is 0 Å². The lowest BCUT2D eigenvalue weighted by Gasteiger charge is -2.29. The summed E-state index contributed by atoms with van der Waals surface area (Å²) < 4.78 is 6.37. The lowest BCUT2D eigenvalue weighted by Crippen LogP contribution is -2.36. The summed E-state index contributed by atoms with van der Waals surface area (Å²) in [6.45, 7) is 5.39. The summed E-state index contributed by atoms with van der Waals surface area (Å²) in [5, 5.41) is 13.9. The number of H-pyrrole nitrogens is 2. The maximum Gasteiger partial charge on any atom is 0.261 e. The van der Waals surface area contributed by atoms with E-state index in [0.717, 1.165) is 45.4 Å². The van der Waals surface area contributed by atoms with E-state index >= 15 is 0 Å². The number of imidazole rings is 1. The van der Waals surface area contributed by atoms with Gasteiger partial charge in [-0.25, -0.2) is 4.98 Å². The van der Waals surface area contributed by atoms with Crippen LogP contribution in [-0.2, 0) is 4.74 Å². The number of nitrogens with zero attached hydrogens (tertiary/aromatic N) is 2. The molecule has 176 valence electrons. The van der Waals surface area contributed by atoms with Gasteiger partial charge in [-0.3, -0.25) is 4.79 Å². The number of aromatic amines is 2. The van der Waals surface area contributed by atoms with Crippen LogP contribution in [0.3, 0.4) is 0 Å². The molecule has 4 N–H and O–H groups in total. The fourth-order valence-electron chi connectivity index (χ4n) is 4.29. The highest BCUT2D eigenvalue weighted by molar-refractivity contribution is 9.10. The molecule has 0 amide bonds. The smallest absolute Gasteiger partial charge is 0.261 e. The average Bonchev–Trinajstić information content (AvgIpc) is 3.27. The van der Waals surface area contributed by atoms with E-state index < -0.39 is 6.10 Å². The Balaban J connectivity index is 1.46. The first-order valence-electron chi connectivity index (χ1n) is 11.2. The molecule has 8 nitrogen and oxygen atoms in total. The molecule has 0 radical (unpaired) electrons. The number of ether oxygens (including phenoxy) is 1. The Morgan fingerprint density at radius 1 is 1.24 bits per heavy atom. The number of nitrogens with one attached hydrogen (secondary N) is 3. The number of rotatable bonds is 6. The summed E-state index contributed by atoms with van der Waals surface area (Å²) in [5.41, 5.74) is 5.38. The molecule has 4 aromatic rings. The van der Waals surface area contributed by atoms with E-state index in [1.165, 1.54) is 0 Å². The monoisotopic (exact) mass is 523 g/mol. The number of halogens is 1. The first-order chi connectivity index (χ1) is 16.5. The van der Waals surface area contributed by atoms with Crippen molar-refractivity contribution in [3.8, 4) is 11.4 Å². The van der Waals surface area contributed by atoms with Crippen LogP contribution in [0.2, 0.25) is 0 Å². The van der Waals surface area contributed by atoms with Gasteiger partial charge in [0.15, 0.2) is 0 Å². The molecule has 2 aromatic carbocycles. The fraction of sp³-hybridized carbons (Fsp3) is 0.280. The van der Waals surface area contributed by atoms with Crippen molar-refractivity contribution >= 4 is 38.3 Å². The summed E-state index contributed by atoms with van der Waals surface area (Å²) in [7, 11) is 0. The van der Waals surface area contributed by atoms with Crippen LogP contribution in [0.25, 0.3) is 22.4 Å². The van der Waals surface area contributed by atoms with Crippen molar-refractivity contribution in [2.75, 3.05) is 43.1 Å². The second-order valence-corrected chi connectivity index (χ2v) is 9.31. The summed E-state index contributed by atoms with van der Waals surface area (Å²) >= 11 is 3.43. The molecule has 9 heteroatoms. The number of aromatic nitrogens is 3. The van der Waals surface area contributed by atoms with Gasteiger partial charge >= 0.3 is 0 Å². The molecule has 0 saturated carbocycles. The molecule has 0 aliphatic carbocycles. The Kier molecular flexibility index (Phi) is 6.40. The molecule has 1 unspecified atom stereocenters. The highest BCUT2D eigenvalue weighted by atomic mass is 79.9. The maximum atomic E-state index is 12.8. The van der Waals surface area contributed by atoms with E-state index in [2.05, 4.69) is 48.2 Å². The van der Waals surface area contributed by atoms with Gasteiger partial charge in [-0.15, -0.1) is 0 Å². The summed E-state index contributed by atoms with van der Waals surface area (Å²) in [4.78, 5) is 26.0. The zero-order valence-electron chi connectivity index (χ0n) is 18.8. The van der Waals surface area contributed by atoms with Crippen LogP contribution in [0.4, 0.5) is 11.4 Å². The van der Waals surface area contributed by atoms with E-state index in [9.17, 15) is 9.90 Å². The normalized spacial score (nSPS) is 15.0. The lowest BCUT2D eigenvalue weighted by molar-refractivity contribution is 0.122. The zero-order valence-corrected chi connectivity index (χ0v) is 20.4. The van der Waals surface area contributed by atoms with E-state index in [1.807, 2.05) is 31.2 Å². The Morgan fingerprint density at radius 3 is 2.85 bits per heavy atom. The minimum atomic E-state index is -0.737. The lowest BCUT2D eigenvalue weighted by atomic mass is 10.1. The van der Waals surface area contributed by atoms with Gasteiger partial charge in [0, 0.05) is 36.0 Å². The van der Waals surface area contributed by atoms with Crippen LogP contribution in [-0.4, -0.2) is 52.9 Å². The molecule has 5 rings (SSSR count). The number of morpholine rings is 1. The van der Waals surface area contributed by atoms with Crippen molar-refractivity contribution in [2.24, 2.45) is 0 Å². The standard InChI is InChI=1S/C25H26BrN5O3/c1-15-11-18(31-7-9-34-10-8-31)13-20-23(15)30-24(29-20)22-19(5-6-27-25(22)33)28-14-21(32)16-3-2-4-17(26)12-16/h2-6,11-13,21,32H,7-10,14H2,1H3,(H,29,30)(H2,27,28,33). The predicted octanol–water partition coefficient (Wildman–Crippen LogP) is 3.97. The summed E-state index contributed by atoms with van der Waals surface area (Å²) in [5.74, 6) is 0.485. The number of anilines is 2. The molecular formula is C25H26BrN5O3. The number of pyridine rings is 1. The molecule has 1 aliphatic rings. The third kappa shape index (κ3) is 4.59. The van der Waals surface area contributed by atoms with E-state index in [4.69, 9.17) is 9.72 Å². The van der Waals surface area contributed by atoms with Gasteiger partial charge in [0.05, 0.1) is 36.0 Å². The number of aliphatic hydroxyl groups excluding tert-OH is 1. The first-order valence-corrected chi connectivity index (χ1v) is 12.0. The molecule has 1 saturated heterocycles. The molecule has 2 aromatic heterocycles. The quantitative estimate of drug-likeness (QED) is 0.304. The van der Waals surface area contributed by atoms with Crippen molar-refractivity contribution in [1.29, 1.82) is 0 Å². The van der Waals surface area contributed by atoms with Crippen LogP contribution >= 0.6 is 15.9 Å². The highest BCUT2D eigenvalue weighted by Gasteiger charge is 2.18. The van der Waals surface area contributed by atoms with E-state index in [1.54, 1.807) is 12.3 Å². The second kappa shape index (κ2) is 9.61. The van der Waals surface area contributed by atoms with Crippen LogP contribution in [0, 0.1) is 6.92 Å². The largest absolute Gasteiger partial charge is 0.387 e. The van der Waals surface area contributed by atoms with E-state index in [-0.39, 0.29) is 12.1 Å². The van der Waals surface area contributed by atoms with Crippen molar-refractivity contribution in [3.05, 3.63) is 74.6 Å². The minimum absolute atomic E-state index is 0.243. The van der Waals surface area contributed by atoms with Crippen molar-refractivity contribution in [2.45, 2.75) is 13.0 Å². The van der Waals surface area contributed by atoms with Gasteiger partial charge in [0.2, 0.25) is 0 Å². The number of benzene rings is 2. The summed E-state index contributed by atoms with van der Waals surface area (Å²) in [6, 6.07) is 13.5. The van der Waals surface area contributed by atoms with Crippen molar-refractivity contribution in [3.63, 3.8) is 0 Å². The Hall–Kier alpha value is -3.14. The average molecular weight is 524 g/mol. The fourth-order valence-corrected chi connectivity index (χ4v) is 4.71. The Morgan fingerprint density at radius 2 is 2.06 bits per heavy atom. The van der Waals surface area contributed by atoms with Gasteiger partial charge in [0.25, 0.3) is 5.56 Å². The minimum Gasteiger partial charge on any atom is -0.387 e. The number of hydrogen-bond acceptors (Lipinski definition) is 6. The van der Waals surface area contributed by atoms with Crippen molar-refractivity contribution in [1.82, 2.24) is 15.0 Å². The van der Waals surface area contributed by atoms with Crippen molar-refractivity contribution < 1.29 is 9.84 Å².